The van der Waals surface area contributed by atoms with Crippen molar-refractivity contribution in [2.24, 2.45) is 0 Å². The lowest BCUT2D eigenvalue weighted by atomic mass is 10.1. The van der Waals surface area contributed by atoms with Gasteiger partial charge in [0.05, 0.1) is 5.69 Å². The first-order chi connectivity index (χ1) is 12.8. The molecule has 0 aliphatic heterocycles. The quantitative estimate of drug-likeness (QED) is 0.547. The van der Waals surface area contributed by atoms with E-state index in [2.05, 4.69) is 44.6 Å². The number of hydrogen-bond donors (Lipinski definition) is 2. The van der Waals surface area contributed by atoms with Crippen LogP contribution in [0.25, 0.3) is 11.3 Å². The van der Waals surface area contributed by atoms with Crippen LogP contribution in [0.4, 0.5) is 11.8 Å². The third-order valence-corrected chi connectivity index (χ3v) is 4.08. The molecule has 0 saturated heterocycles. The van der Waals surface area contributed by atoms with Gasteiger partial charge in [-0.15, -0.1) is 0 Å². The van der Waals surface area contributed by atoms with E-state index in [-0.39, 0.29) is 0 Å². The molecule has 0 fully saturated rings. The van der Waals surface area contributed by atoms with Crippen molar-refractivity contribution in [1.82, 2.24) is 15.0 Å². The third-order valence-electron chi connectivity index (χ3n) is 4.08. The van der Waals surface area contributed by atoms with Gasteiger partial charge < -0.3 is 10.6 Å². The summed E-state index contributed by atoms with van der Waals surface area (Å²) in [6, 6.07) is 16.2. The number of rotatable bonds is 9. The van der Waals surface area contributed by atoms with E-state index in [4.69, 9.17) is 0 Å². The van der Waals surface area contributed by atoms with E-state index in [1.54, 1.807) is 12.4 Å². The molecule has 3 rings (SSSR count). The molecular formula is C21H25N5. The summed E-state index contributed by atoms with van der Waals surface area (Å²) in [5.41, 5.74) is 3.14. The van der Waals surface area contributed by atoms with Crippen LogP contribution < -0.4 is 10.6 Å². The van der Waals surface area contributed by atoms with E-state index < -0.39 is 0 Å². The van der Waals surface area contributed by atoms with Crippen LogP contribution in [0.2, 0.25) is 0 Å². The predicted molar refractivity (Wildman–Crippen MR) is 107 cm³/mol. The maximum Gasteiger partial charge on any atom is 0.225 e. The van der Waals surface area contributed by atoms with Gasteiger partial charge in [0.25, 0.3) is 0 Å². The van der Waals surface area contributed by atoms with E-state index >= 15 is 0 Å². The van der Waals surface area contributed by atoms with Gasteiger partial charge in [-0.1, -0.05) is 50.1 Å². The molecule has 26 heavy (non-hydrogen) atoms. The highest BCUT2D eigenvalue weighted by atomic mass is 15.1. The maximum atomic E-state index is 4.69. The second-order valence-electron chi connectivity index (χ2n) is 6.17. The Hall–Kier alpha value is -2.95. The third kappa shape index (κ3) is 5.28. The van der Waals surface area contributed by atoms with Crippen molar-refractivity contribution in [2.45, 2.75) is 32.7 Å². The highest BCUT2D eigenvalue weighted by Crippen LogP contribution is 2.21. The van der Waals surface area contributed by atoms with Crippen molar-refractivity contribution in [1.29, 1.82) is 0 Å². The Kier molecular flexibility index (Phi) is 6.53. The predicted octanol–water partition coefficient (Wildman–Crippen LogP) is 4.75. The SMILES string of the molecule is CCCCCNc1cc(-c2ccccc2)nc(NCc2ccncc2)n1. The first kappa shape index (κ1) is 17.9. The normalized spacial score (nSPS) is 10.5. The number of hydrogen-bond acceptors (Lipinski definition) is 5. The Morgan fingerprint density at radius 2 is 1.69 bits per heavy atom. The number of unbranched alkanes of at least 4 members (excludes halogenated alkanes) is 2. The van der Waals surface area contributed by atoms with Gasteiger partial charge in [-0.3, -0.25) is 4.98 Å². The molecule has 0 radical (unpaired) electrons. The average molecular weight is 347 g/mol. The number of pyridine rings is 1. The second kappa shape index (κ2) is 9.51. The molecule has 0 atom stereocenters. The van der Waals surface area contributed by atoms with Crippen LogP contribution in [-0.4, -0.2) is 21.5 Å². The minimum absolute atomic E-state index is 0.626. The topological polar surface area (TPSA) is 62.7 Å². The maximum absolute atomic E-state index is 4.69. The van der Waals surface area contributed by atoms with Crippen LogP contribution in [0.15, 0.2) is 60.9 Å². The van der Waals surface area contributed by atoms with E-state index in [9.17, 15) is 0 Å². The van der Waals surface area contributed by atoms with Gasteiger partial charge in [0, 0.05) is 37.1 Å². The summed E-state index contributed by atoms with van der Waals surface area (Å²) in [5, 5.41) is 6.75. The number of benzene rings is 1. The summed E-state index contributed by atoms with van der Waals surface area (Å²) < 4.78 is 0. The molecule has 3 aromatic rings. The molecule has 5 heteroatoms. The molecule has 2 aromatic heterocycles. The zero-order valence-corrected chi connectivity index (χ0v) is 15.2. The number of nitrogens with zero attached hydrogens (tertiary/aromatic N) is 3. The van der Waals surface area contributed by atoms with E-state index in [0.717, 1.165) is 35.6 Å². The Bertz CT molecular complexity index is 790. The standard InChI is InChI=1S/C21H25N5/c1-2-3-7-12-23-20-15-19(18-8-5-4-6-9-18)25-21(26-20)24-16-17-10-13-22-14-11-17/h4-6,8-11,13-15H,2-3,7,12,16H2,1H3,(H2,23,24,25,26). The van der Waals surface area contributed by atoms with Crippen LogP contribution in [0.1, 0.15) is 31.7 Å². The molecule has 1 aromatic carbocycles. The molecule has 2 N–H and O–H groups in total. The zero-order valence-electron chi connectivity index (χ0n) is 15.2. The Labute approximate surface area is 154 Å². The molecule has 0 unspecified atom stereocenters. The van der Waals surface area contributed by atoms with Crippen molar-refractivity contribution < 1.29 is 0 Å². The van der Waals surface area contributed by atoms with Gasteiger partial charge in [-0.25, -0.2) is 4.98 Å². The molecule has 5 nitrogen and oxygen atoms in total. The summed E-state index contributed by atoms with van der Waals surface area (Å²) in [4.78, 5) is 13.4. The van der Waals surface area contributed by atoms with Crippen molar-refractivity contribution >= 4 is 11.8 Å². The monoisotopic (exact) mass is 347 g/mol. The van der Waals surface area contributed by atoms with Crippen molar-refractivity contribution in [3.05, 3.63) is 66.5 Å². The smallest absolute Gasteiger partial charge is 0.225 e. The van der Waals surface area contributed by atoms with Gasteiger partial charge in [0.15, 0.2) is 0 Å². The van der Waals surface area contributed by atoms with Crippen LogP contribution in [0, 0.1) is 0 Å². The Morgan fingerprint density at radius 1 is 0.885 bits per heavy atom. The summed E-state index contributed by atoms with van der Waals surface area (Å²) in [6.45, 7) is 3.79. The fourth-order valence-corrected chi connectivity index (χ4v) is 2.65. The van der Waals surface area contributed by atoms with Crippen LogP contribution in [0.5, 0.6) is 0 Å². The van der Waals surface area contributed by atoms with Crippen LogP contribution in [-0.2, 0) is 6.54 Å². The highest BCUT2D eigenvalue weighted by molar-refractivity contribution is 5.64. The molecule has 0 bridgehead atoms. The van der Waals surface area contributed by atoms with E-state index in [1.807, 2.05) is 36.4 Å². The Morgan fingerprint density at radius 3 is 2.46 bits per heavy atom. The molecule has 0 amide bonds. The molecule has 2 heterocycles. The minimum Gasteiger partial charge on any atom is -0.370 e. The molecule has 0 aliphatic carbocycles. The van der Waals surface area contributed by atoms with Crippen LogP contribution in [0.3, 0.4) is 0 Å². The molecule has 0 saturated carbocycles. The summed E-state index contributed by atoms with van der Waals surface area (Å²) >= 11 is 0. The van der Waals surface area contributed by atoms with Gasteiger partial charge in [-0.2, -0.15) is 4.98 Å². The average Bonchev–Trinajstić information content (AvgIpc) is 2.71. The minimum atomic E-state index is 0.626. The lowest BCUT2D eigenvalue weighted by Gasteiger charge is -2.11. The fourth-order valence-electron chi connectivity index (χ4n) is 2.65. The summed E-state index contributed by atoms with van der Waals surface area (Å²) in [7, 11) is 0. The Balaban J connectivity index is 1.77. The molecular weight excluding hydrogens is 322 g/mol. The van der Waals surface area contributed by atoms with Crippen molar-refractivity contribution in [3.8, 4) is 11.3 Å². The lowest BCUT2D eigenvalue weighted by Crippen LogP contribution is -2.09. The van der Waals surface area contributed by atoms with E-state index in [0.29, 0.717) is 12.5 Å². The van der Waals surface area contributed by atoms with Gasteiger partial charge in [0.2, 0.25) is 5.95 Å². The molecule has 134 valence electrons. The van der Waals surface area contributed by atoms with Gasteiger partial charge >= 0.3 is 0 Å². The largest absolute Gasteiger partial charge is 0.370 e. The first-order valence-corrected chi connectivity index (χ1v) is 9.16. The summed E-state index contributed by atoms with van der Waals surface area (Å²) in [5.74, 6) is 1.48. The van der Waals surface area contributed by atoms with E-state index in [1.165, 1.54) is 12.8 Å². The number of anilines is 2. The lowest BCUT2D eigenvalue weighted by molar-refractivity contribution is 0.742. The van der Waals surface area contributed by atoms with Crippen molar-refractivity contribution in [2.75, 3.05) is 17.2 Å². The van der Waals surface area contributed by atoms with Crippen LogP contribution >= 0.6 is 0 Å². The highest BCUT2D eigenvalue weighted by Gasteiger charge is 2.07. The summed E-state index contributed by atoms with van der Waals surface area (Å²) in [6.07, 6.45) is 7.15. The number of aromatic nitrogens is 3. The zero-order chi connectivity index (χ0) is 18.0. The first-order valence-electron chi connectivity index (χ1n) is 9.16. The molecule has 0 aliphatic rings. The van der Waals surface area contributed by atoms with Gasteiger partial charge in [0.1, 0.15) is 5.82 Å². The second-order valence-corrected chi connectivity index (χ2v) is 6.17. The fraction of sp³-hybridized carbons (Fsp3) is 0.286. The van der Waals surface area contributed by atoms with Gasteiger partial charge in [-0.05, 0) is 24.1 Å². The molecule has 0 spiro atoms. The van der Waals surface area contributed by atoms with Crippen molar-refractivity contribution in [3.63, 3.8) is 0 Å². The number of nitrogens with one attached hydrogen (secondary N) is 2.